The zero-order valence-electron chi connectivity index (χ0n) is 14.4. The summed E-state index contributed by atoms with van der Waals surface area (Å²) in [5, 5.41) is 1.23. The first-order valence-corrected chi connectivity index (χ1v) is 10.3. The molecule has 1 atom stereocenters. The number of amides is 1. The van der Waals surface area contributed by atoms with Crippen LogP contribution in [0.4, 0.5) is 0 Å². The smallest absolute Gasteiger partial charge is 0.263 e. The molecule has 0 bridgehead atoms. The summed E-state index contributed by atoms with van der Waals surface area (Å²) in [5.41, 5.74) is 6.37. The van der Waals surface area contributed by atoms with Gasteiger partial charge < -0.3 is 10.2 Å². The maximum atomic E-state index is 13.3. The zero-order chi connectivity index (χ0) is 18.3. The Kier molecular flexibility index (Phi) is 4.62. The number of carbonyl (C=O) groups is 1. The van der Waals surface area contributed by atoms with Crippen molar-refractivity contribution in [2.45, 2.75) is 37.9 Å². The van der Waals surface area contributed by atoms with Crippen LogP contribution in [0.3, 0.4) is 0 Å². The van der Waals surface area contributed by atoms with Gasteiger partial charge in [-0.3, -0.25) is 14.2 Å². The van der Waals surface area contributed by atoms with Gasteiger partial charge >= 0.3 is 0 Å². The van der Waals surface area contributed by atoms with Gasteiger partial charge in [0, 0.05) is 4.88 Å². The van der Waals surface area contributed by atoms with Crippen LogP contribution in [0, 0.1) is 5.92 Å². The molecule has 3 aromatic heterocycles. The quantitative estimate of drug-likeness (QED) is 0.535. The summed E-state index contributed by atoms with van der Waals surface area (Å²) in [4.78, 5) is 31.3. The fourth-order valence-electron chi connectivity index (χ4n) is 3.35. The third-order valence-corrected chi connectivity index (χ3v) is 6.76. The highest BCUT2D eigenvalue weighted by molar-refractivity contribution is 7.99. The van der Waals surface area contributed by atoms with Crippen LogP contribution in [0.2, 0.25) is 0 Å². The number of furan rings is 1. The summed E-state index contributed by atoms with van der Waals surface area (Å²) in [6.45, 7) is 2.53. The van der Waals surface area contributed by atoms with Gasteiger partial charge in [-0.05, 0) is 42.9 Å². The van der Waals surface area contributed by atoms with Gasteiger partial charge in [0.1, 0.15) is 10.6 Å². The third-order valence-electron chi connectivity index (χ3n) is 4.62. The van der Waals surface area contributed by atoms with Gasteiger partial charge in [0.2, 0.25) is 5.91 Å². The van der Waals surface area contributed by atoms with Crippen molar-refractivity contribution >= 4 is 39.2 Å². The number of rotatable bonds is 5. The van der Waals surface area contributed by atoms with E-state index in [0.29, 0.717) is 16.8 Å². The molecule has 8 heteroatoms. The van der Waals surface area contributed by atoms with Crippen molar-refractivity contribution in [2.75, 3.05) is 5.75 Å². The summed E-state index contributed by atoms with van der Waals surface area (Å²) < 4.78 is 7.00. The molecule has 0 spiro atoms. The van der Waals surface area contributed by atoms with Crippen molar-refractivity contribution < 1.29 is 9.21 Å². The second kappa shape index (κ2) is 6.92. The van der Waals surface area contributed by atoms with Crippen LogP contribution in [-0.2, 0) is 24.2 Å². The number of nitrogens with zero attached hydrogens (tertiary/aromatic N) is 2. The number of nitrogens with two attached hydrogens (primary N) is 1. The molecule has 0 unspecified atom stereocenters. The number of hydrogen-bond acceptors (Lipinski definition) is 6. The maximum absolute atomic E-state index is 13.3. The minimum Gasteiger partial charge on any atom is -0.467 e. The van der Waals surface area contributed by atoms with Crippen molar-refractivity contribution in [3.05, 3.63) is 45.0 Å². The molecule has 26 heavy (non-hydrogen) atoms. The van der Waals surface area contributed by atoms with Crippen LogP contribution in [0.1, 0.15) is 29.5 Å². The predicted molar refractivity (Wildman–Crippen MR) is 103 cm³/mol. The van der Waals surface area contributed by atoms with Crippen LogP contribution in [0.5, 0.6) is 0 Å². The van der Waals surface area contributed by atoms with Gasteiger partial charge in [0.25, 0.3) is 5.56 Å². The van der Waals surface area contributed by atoms with Crippen LogP contribution in [0.25, 0.3) is 10.2 Å². The molecule has 3 heterocycles. The molecule has 0 aliphatic heterocycles. The van der Waals surface area contributed by atoms with E-state index in [-0.39, 0.29) is 17.9 Å². The van der Waals surface area contributed by atoms with Crippen LogP contribution < -0.4 is 11.3 Å². The van der Waals surface area contributed by atoms with E-state index in [0.717, 1.165) is 35.0 Å². The molecule has 136 valence electrons. The Hall–Kier alpha value is -2.06. The molecule has 0 saturated carbocycles. The average Bonchev–Trinajstić information content (AvgIpc) is 3.22. The van der Waals surface area contributed by atoms with Gasteiger partial charge in [0.05, 0.1) is 23.9 Å². The molecule has 1 aliphatic carbocycles. The molecular weight excluding hydrogens is 370 g/mol. The predicted octanol–water partition coefficient (Wildman–Crippen LogP) is 2.80. The van der Waals surface area contributed by atoms with Crippen molar-refractivity contribution in [2.24, 2.45) is 11.7 Å². The summed E-state index contributed by atoms with van der Waals surface area (Å²) in [6.07, 6.45) is 4.59. The Morgan fingerprint density at radius 3 is 3.12 bits per heavy atom. The van der Waals surface area contributed by atoms with E-state index in [1.807, 2.05) is 6.07 Å². The highest BCUT2D eigenvalue weighted by Gasteiger charge is 2.25. The lowest BCUT2D eigenvalue weighted by Gasteiger charge is -2.17. The lowest BCUT2D eigenvalue weighted by molar-refractivity contribution is -0.115. The molecule has 0 radical (unpaired) electrons. The first-order chi connectivity index (χ1) is 12.5. The number of aryl methyl sites for hydroxylation is 1. The second-order valence-corrected chi connectivity index (χ2v) is 8.68. The standard InChI is InChI=1S/C18H19N3O3S2/c1-10-4-5-12-13(7-10)26-16-15(12)17(23)21(8-11-3-2-6-24-11)18(20-16)25-9-14(19)22/h2-3,6,10H,4-5,7-9H2,1H3,(H2,19,22)/t10-/m1/s1. The normalized spacial score (nSPS) is 16.7. The number of carbonyl (C=O) groups excluding carboxylic acids is 1. The van der Waals surface area contributed by atoms with Crippen LogP contribution in [0.15, 0.2) is 32.8 Å². The molecular formula is C18H19N3O3S2. The Labute approximate surface area is 158 Å². The van der Waals surface area contributed by atoms with Crippen molar-refractivity contribution in [3.63, 3.8) is 0 Å². The van der Waals surface area contributed by atoms with Gasteiger partial charge in [-0.2, -0.15) is 0 Å². The summed E-state index contributed by atoms with van der Waals surface area (Å²) in [7, 11) is 0. The summed E-state index contributed by atoms with van der Waals surface area (Å²) in [6, 6.07) is 3.61. The topological polar surface area (TPSA) is 91.1 Å². The maximum Gasteiger partial charge on any atom is 0.263 e. The van der Waals surface area contributed by atoms with Gasteiger partial charge in [-0.15, -0.1) is 11.3 Å². The Morgan fingerprint density at radius 1 is 1.54 bits per heavy atom. The monoisotopic (exact) mass is 389 g/mol. The van der Waals surface area contributed by atoms with Crippen LogP contribution in [-0.4, -0.2) is 21.2 Å². The van der Waals surface area contributed by atoms with Crippen molar-refractivity contribution in [3.8, 4) is 0 Å². The highest BCUT2D eigenvalue weighted by Crippen LogP contribution is 2.36. The second-order valence-electron chi connectivity index (χ2n) is 6.65. The molecule has 4 rings (SSSR count). The van der Waals surface area contributed by atoms with E-state index in [2.05, 4.69) is 6.92 Å². The number of fused-ring (bicyclic) bond motifs is 3. The minimum absolute atomic E-state index is 0.0644. The van der Waals surface area contributed by atoms with Crippen molar-refractivity contribution in [1.29, 1.82) is 0 Å². The fraction of sp³-hybridized carbons (Fsp3) is 0.389. The number of primary amides is 1. The van der Waals surface area contributed by atoms with E-state index in [1.54, 1.807) is 28.2 Å². The molecule has 6 nitrogen and oxygen atoms in total. The SMILES string of the molecule is C[C@@H]1CCc2c(sc3nc(SCC(N)=O)n(Cc4ccco4)c(=O)c23)C1. The lowest BCUT2D eigenvalue weighted by atomic mass is 9.89. The molecule has 0 fully saturated rings. The fourth-order valence-corrected chi connectivity index (χ4v) is 5.51. The van der Waals surface area contributed by atoms with E-state index in [4.69, 9.17) is 15.1 Å². The largest absolute Gasteiger partial charge is 0.467 e. The molecule has 1 aliphatic rings. The van der Waals surface area contributed by atoms with E-state index < -0.39 is 5.91 Å². The van der Waals surface area contributed by atoms with Crippen LogP contribution >= 0.6 is 23.1 Å². The van der Waals surface area contributed by atoms with Gasteiger partial charge in [-0.1, -0.05) is 18.7 Å². The molecule has 1 amide bonds. The van der Waals surface area contributed by atoms with Gasteiger partial charge in [0.15, 0.2) is 5.16 Å². The Balaban J connectivity index is 1.87. The highest BCUT2D eigenvalue weighted by atomic mass is 32.2. The zero-order valence-corrected chi connectivity index (χ0v) is 16.0. The molecule has 0 aromatic carbocycles. The van der Waals surface area contributed by atoms with Crippen molar-refractivity contribution in [1.82, 2.24) is 9.55 Å². The lowest BCUT2D eigenvalue weighted by Crippen LogP contribution is -2.25. The summed E-state index contributed by atoms with van der Waals surface area (Å²) >= 11 is 2.80. The number of hydrogen-bond donors (Lipinski definition) is 1. The first-order valence-electron chi connectivity index (χ1n) is 8.51. The Morgan fingerprint density at radius 2 is 2.38 bits per heavy atom. The summed E-state index contributed by atoms with van der Waals surface area (Å²) in [5.74, 6) is 0.947. The average molecular weight is 390 g/mol. The third kappa shape index (κ3) is 3.19. The number of thioether (sulfide) groups is 1. The first kappa shape index (κ1) is 17.4. The minimum atomic E-state index is -0.437. The van der Waals surface area contributed by atoms with E-state index in [9.17, 15) is 9.59 Å². The number of thiophene rings is 1. The molecule has 0 saturated heterocycles. The van der Waals surface area contributed by atoms with E-state index >= 15 is 0 Å². The van der Waals surface area contributed by atoms with E-state index in [1.165, 1.54) is 16.6 Å². The number of aromatic nitrogens is 2. The Bertz CT molecular complexity index is 1020. The molecule has 2 N–H and O–H groups in total. The molecule has 3 aromatic rings. The van der Waals surface area contributed by atoms with Gasteiger partial charge in [-0.25, -0.2) is 4.98 Å².